The van der Waals surface area contributed by atoms with Crippen LogP contribution in [0.3, 0.4) is 0 Å². The van der Waals surface area contributed by atoms with Crippen molar-refractivity contribution in [2.75, 3.05) is 0 Å². The van der Waals surface area contributed by atoms with Gasteiger partial charge in [-0.15, -0.1) is 0 Å². The highest BCUT2D eigenvalue weighted by Gasteiger charge is 2.51. The summed E-state index contributed by atoms with van der Waals surface area (Å²) in [5.41, 5.74) is 0.377. The molecule has 2 saturated carbocycles. The van der Waals surface area contributed by atoms with Gasteiger partial charge in [0.1, 0.15) is 0 Å². The highest BCUT2D eigenvalue weighted by atomic mass is 16.3. The summed E-state index contributed by atoms with van der Waals surface area (Å²) in [6.07, 6.45) is 10.9. The van der Waals surface area contributed by atoms with Crippen LogP contribution in [0.1, 0.15) is 66.7 Å². The maximum absolute atomic E-state index is 10.3. The second kappa shape index (κ2) is 6.22. The van der Waals surface area contributed by atoms with Crippen molar-refractivity contribution in [3.8, 4) is 0 Å². The van der Waals surface area contributed by atoms with Crippen LogP contribution in [0, 0.1) is 35.0 Å². The van der Waals surface area contributed by atoms with E-state index in [1.807, 2.05) is 0 Å². The summed E-state index contributed by atoms with van der Waals surface area (Å²) < 4.78 is 0. The maximum atomic E-state index is 10.3. The molecule has 0 amide bonds. The van der Waals surface area contributed by atoms with Gasteiger partial charge in [-0.25, -0.2) is 0 Å². The summed E-state index contributed by atoms with van der Waals surface area (Å²) in [7, 11) is 0. The van der Waals surface area contributed by atoms with Gasteiger partial charge < -0.3 is 5.11 Å². The second-order valence-electron chi connectivity index (χ2n) is 8.10. The van der Waals surface area contributed by atoms with E-state index in [-0.39, 0.29) is 6.10 Å². The molecule has 1 heteroatoms. The van der Waals surface area contributed by atoms with Crippen molar-refractivity contribution in [2.24, 2.45) is 35.0 Å². The molecule has 0 aromatic rings. The van der Waals surface area contributed by atoms with Crippen LogP contribution in [0.4, 0.5) is 0 Å². The third kappa shape index (κ3) is 2.98. The Balaban J connectivity index is 2.05. The van der Waals surface area contributed by atoms with Gasteiger partial charge in [0.05, 0.1) is 6.10 Å². The number of hydrogen-bond donors (Lipinski definition) is 1. The van der Waals surface area contributed by atoms with Crippen molar-refractivity contribution in [1.29, 1.82) is 0 Å². The van der Waals surface area contributed by atoms with Crippen LogP contribution in [0.2, 0.25) is 0 Å². The largest absolute Gasteiger partial charge is 0.393 e. The van der Waals surface area contributed by atoms with Crippen molar-refractivity contribution in [2.45, 2.75) is 72.8 Å². The van der Waals surface area contributed by atoms with Crippen molar-refractivity contribution >= 4 is 0 Å². The van der Waals surface area contributed by atoms with Crippen LogP contribution in [-0.2, 0) is 0 Å². The van der Waals surface area contributed by atoms with Crippen molar-refractivity contribution < 1.29 is 5.11 Å². The number of aliphatic hydroxyl groups is 1. The number of aliphatic hydroxyl groups excluding tert-OH is 1. The molecule has 1 N–H and O–H groups in total. The minimum Gasteiger partial charge on any atom is -0.393 e. The topological polar surface area (TPSA) is 20.2 Å². The van der Waals surface area contributed by atoms with E-state index in [1.54, 1.807) is 0 Å². The number of allylic oxidation sites excluding steroid dienone is 2. The van der Waals surface area contributed by atoms with Gasteiger partial charge in [0, 0.05) is 0 Å². The van der Waals surface area contributed by atoms with Crippen LogP contribution < -0.4 is 0 Å². The number of rotatable bonds is 4. The summed E-state index contributed by atoms with van der Waals surface area (Å²) in [6.45, 7) is 11.8. The minimum absolute atomic E-state index is 0.0375. The summed E-state index contributed by atoms with van der Waals surface area (Å²) in [5.74, 6) is 3.36. The van der Waals surface area contributed by atoms with Crippen LogP contribution in [0.15, 0.2) is 12.2 Å². The van der Waals surface area contributed by atoms with Crippen LogP contribution in [-0.4, -0.2) is 11.2 Å². The zero-order chi connectivity index (χ0) is 14.9. The van der Waals surface area contributed by atoms with Gasteiger partial charge in [0.15, 0.2) is 0 Å². The van der Waals surface area contributed by atoms with Gasteiger partial charge in [-0.2, -0.15) is 0 Å². The average Bonchev–Trinajstić information content (AvgIpc) is 2.74. The Bertz CT molecular complexity index is 346. The molecule has 0 heterocycles. The van der Waals surface area contributed by atoms with Gasteiger partial charge in [-0.05, 0) is 60.7 Å². The first-order chi connectivity index (χ1) is 9.36. The van der Waals surface area contributed by atoms with Crippen molar-refractivity contribution in [3.05, 3.63) is 12.2 Å². The van der Waals surface area contributed by atoms with E-state index in [4.69, 9.17) is 0 Å². The lowest BCUT2D eigenvalue weighted by atomic mass is 9.62. The molecule has 6 atom stereocenters. The molecule has 0 spiro atoms. The maximum Gasteiger partial charge on any atom is 0.0573 e. The third-order valence-corrected chi connectivity index (χ3v) is 6.57. The Labute approximate surface area is 125 Å². The Morgan fingerprint density at radius 1 is 1.05 bits per heavy atom. The molecule has 2 fully saturated rings. The first-order valence-electron chi connectivity index (χ1n) is 8.72. The first kappa shape index (κ1) is 16.1. The lowest BCUT2D eigenvalue weighted by Gasteiger charge is -2.44. The van der Waals surface area contributed by atoms with Gasteiger partial charge in [-0.1, -0.05) is 53.2 Å². The van der Waals surface area contributed by atoms with Gasteiger partial charge in [0.25, 0.3) is 0 Å². The Morgan fingerprint density at radius 2 is 1.75 bits per heavy atom. The van der Waals surface area contributed by atoms with E-state index in [0.29, 0.717) is 23.2 Å². The fourth-order valence-electron chi connectivity index (χ4n) is 4.76. The van der Waals surface area contributed by atoms with E-state index in [2.05, 4.69) is 46.8 Å². The highest BCUT2D eigenvalue weighted by Crippen LogP contribution is 2.57. The van der Waals surface area contributed by atoms with E-state index < -0.39 is 0 Å². The average molecular weight is 278 g/mol. The van der Waals surface area contributed by atoms with E-state index in [9.17, 15) is 5.11 Å². The molecule has 0 saturated heterocycles. The standard InChI is InChI=1S/C19H34O/c1-13(2)14(3)8-9-15(4)16-10-11-17-18(20)7-6-12-19(16,17)5/h8-9,13-18,20H,6-7,10-12H2,1-5H3/t14-,15+,16+,17-,18-,19+/m0/s1. The molecule has 2 rings (SSSR count). The first-order valence-corrected chi connectivity index (χ1v) is 8.72. The molecule has 116 valence electrons. The second-order valence-corrected chi connectivity index (χ2v) is 8.10. The third-order valence-electron chi connectivity index (χ3n) is 6.57. The van der Waals surface area contributed by atoms with Crippen molar-refractivity contribution in [1.82, 2.24) is 0 Å². The van der Waals surface area contributed by atoms with Gasteiger partial charge in [-0.3, -0.25) is 0 Å². The van der Waals surface area contributed by atoms with Gasteiger partial charge in [0.2, 0.25) is 0 Å². The molecule has 0 unspecified atom stereocenters. The zero-order valence-electron chi connectivity index (χ0n) is 14.1. The summed E-state index contributed by atoms with van der Waals surface area (Å²) in [4.78, 5) is 0. The molecular weight excluding hydrogens is 244 g/mol. The minimum atomic E-state index is -0.0375. The molecule has 2 aliphatic rings. The summed E-state index contributed by atoms with van der Waals surface area (Å²) >= 11 is 0. The molecule has 0 radical (unpaired) electrons. The predicted octanol–water partition coefficient (Wildman–Crippen LogP) is 5.05. The number of hydrogen-bond acceptors (Lipinski definition) is 1. The summed E-state index contributed by atoms with van der Waals surface area (Å²) in [6, 6.07) is 0. The Morgan fingerprint density at radius 3 is 2.40 bits per heavy atom. The van der Waals surface area contributed by atoms with E-state index >= 15 is 0 Å². The van der Waals surface area contributed by atoms with E-state index in [0.717, 1.165) is 18.3 Å². The zero-order valence-corrected chi connectivity index (χ0v) is 14.1. The smallest absolute Gasteiger partial charge is 0.0573 e. The van der Waals surface area contributed by atoms with Gasteiger partial charge >= 0.3 is 0 Å². The van der Waals surface area contributed by atoms with Crippen LogP contribution in [0.25, 0.3) is 0 Å². The summed E-state index contributed by atoms with van der Waals surface area (Å²) in [5, 5.41) is 10.3. The molecule has 0 aromatic carbocycles. The van der Waals surface area contributed by atoms with Crippen LogP contribution >= 0.6 is 0 Å². The SMILES string of the molecule is CC(C)[C@@H](C)C=C[C@@H](C)[C@H]1CC[C@H]2[C@@H](O)CCC[C@]12C. The highest BCUT2D eigenvalue weighted by molar-refractivity contribution is 5.05. The molecule has 0 bridgehead atoms. The normalized spacial score (nSPS) is 41.0. The lowest BCUT2D eigenvalue weighted by molar-refractivity contribution is -0.0231. The molecule has 2 aliphatic carbocycles. The quantitative estimate of drug-likeness (QED) is 0.714. The number of fused-ring (bicyclic) bond motifs is 1. The monoisotopic (exact) mass is 278 g/mol. The molecular formula is C19H34O. The Kier molecular flexibility index (Phi) is 5.00. The lowest BCUT2D eigenvalue weighted by Crippen LogP contribution is -2.41. The predicted molar refractivity (Wildman–Crippen MR) is 86.5 cm³/mol. The van der Waals surface area contributed by atoms with E-state index in [1.165, 1.54) is 25.7 Å². The van der Waals surface area contributed by atoms with Crippen molar-refractivity contribution in [3.63, 3.8) is 0 Å². The molecule has 1 nitrogen and oxygen atoms in total. The molecule has 0 aromatic heterocycles. The Hall–Kier alpha value is -0.300. The molecule has 0 aliphatic heterocycles. The van der Waals surface area contributed by atoms with Crippen LogP contribution in [0.5, 0.6) is 0 Å². The fraction of sp³-hybridized carbons (Fsp3) is 0.895. The molecule has 20 heavy (non-hydrogen) atoms. The fourth-order valence-corrected chi connectivity index (χ4v) is 4.76.